The Labute approximate surface area is 186 Å². The number of hydrogen-bond donors (Lipinski definition) is 1. The monoisotopic (exact) mass is 441 g/mol. The van der Waals surface area contributed by atoms with Gasteiger partial charge in [0, 0.05) is 25.0 Å². The van der Waals surface area contributed by atoms with Crippen LogP contribution in [0.25, 0.3) is 33.1 Å². The van der Waals surface area contributed by atoms with Crippen LogP contribution in [-0.2, 0) is 24.9 Å². The van der Waals surface area contributed by atoms with Gasteiger partial charge in [0.15, 0.2) is 5.65 Å². The molecule has 2 aromatic carbocycles. The summed E-state index contributed by atoms with van der Waals surface area (Å²) < 4.78 is 3.59. The molecule has 0 spiro atoms. The predicted molar refractivity (Wildman–Crippen MR) is 123 cm³/mol. The zero-order chi connectivity index (χ0) is 23.1. The Kier molecular flexibility index (Phi) is 4.86. The number of fused-ring (bicyclic) bond motifs is 2. The Morgan fingerprint density at radius 1 is 1.00 bits per heavy atom. The van der Waals surface area contributed by atoms with Crippen LogP contribution in [-0.4, -0.2) is 35.0 Å². The van der Waals surface area contributed by atoms with Gasteiger partial charge in [-0.3, -0.25) is 28.4 Å². The second-order valence-electron chi connectivity index (χ2n) is 7.71. The summed E-state index contributed by atoms with van der Waals surface area (Å²) in [6, 6.07) is 17.4. The third kappa shape index (κ3) is 3.39. The van der Waals surface area contributed by atoms with E-state index in [9.17, 15) is 19.5 Å². The molecule has 0 bridgehead atoms. The van der Waals surface area contributed by atoms with E-state index < -0.39 is 23.8 Å². The van der Waals surface area contributed by atoms with Crippen LogP contribution < -0.4 is 11.2 Å². The highest BCUT2D eigenvalue weighted by molar-refractivity contribution is 5.91. The van der Waals surface area contributed by atoms with Gasteiger partial charge in [-0.2, -0.15) is 5.10 Å². The zero-order valence-corrected chi connectivity index (χ0v) is 17.7. The molecule has 0 fully saturated rings. The maximum absolute atomic E-state index is 13.2. The minimum Gasteiger partial charge on any atom is -0.480 e. The second-order valence-corrected chi connectivity index (χ2v) is 7.71. The van der Waals surface area contributed by atoms with Gasteiger partial charge in [-0.1, -0.05) is 42.5 Å². The fourth-order valence-electron chi connectivity index (χ4n) is 4.15. The van der Waals surface area contributed by atoms with Gasteiger partial charge in [-0.05, 0) is 28.5 Å². The minimum atomic E-state index is -1.20. The van der Waals surface area contributed by atoms with Crippen LogP contribution in [0.5, 0.6) is 0 Å². The van der Waals surface area contributed by atoms with Gasteiger partial charge in [0.05, 0.1) is 12.2 Å². The van der Waals surface area contributed by atoms with Crippen molar-refractivity contribution in [1.29, 1.82) is 0 Å². The first kappa shape index (κ1) is 20.4. The van der Waals surface area contributed by atoms with Gasteiger partial charge in [0.2, 0.25) is 0 Å². The van der Waals surface area contributed by atoms with Crippen molar-refractivity contribution in [2.45, 2.75) is 13.1 Å². The zero-order valence-electron chi connectivity index (χ0n) is 17.7. The number of carboxylic acid groups (broad SMARTS) is 1. The lowest BCUT2D eigenvalue weighted by atomic mass is 10.0. The first-order valence-electron chi connectivity index (χ1n) is 10.2. The van der Waals surface area contributed by atoms with Crippen LogP contribution in [0.1, 0.15) is 5.56 Å². The lowest BCUT2D eigenvalue weighted by Crippen LogP contribution is -2.39. The molecular weight excluding hydrogens is 422 g/mol. The van der Waals surface area contributed by atoms with Crippen LogP contribution >= 0.6 is 0 Å². The van der Waals surface area contributed by atoms with Gasteiger partial charge in [0.25, 0.3) is 5.56 Å². The average molecular weight is 441 g/mol. The summed E-state index contributed by atoms with van der Waals surface area (Å²) in [5.74, 6) is -1.20. The van der Waals surface area contributed by atoms with Gasteiger partial charge in [-0.25, -0.2) is 4.79 Å². The van der Waals surface area contributed by atoms with Gasteiger partial charge in [0.1, 0.15) is 11.9 Å². The first-order chi connectivity index (χ1) is 16.0. The predicted octanol–water partition coefficient (Wildman–Crippen LogP) is 2.24. The van der Waals surface area contributed by atoms with Crippen molar-refractivity contribution in [1.82, 2.24) is 23.9 Å². The molecule has 1 N–H and O–H groups in total. The molecule has 0 amide bonds. The van der Waals surface area contributed by atoms with E-state index >= 15 is 0 Å². The summed E-state index contributed by atoms with van der Waals surface area (Å²) >= 11 is 0. The van der Waals surface area contributed by atoms with E-state index in [1.54, 1.807) is 29.2 Å². The number of carboxylic acids is 1. The molecule has 9 nitrogen and oxygen atoms in total. The third-order valence-corrected chi connectivity index (χ3v) is 5.67. The number of aliphatic carboxylic acids is 1. The Balaban J connectivity index is 1.85. The summed E-state index contributed by atoms with van der Waals surface area (Å²) in [7, 11) is 1.33. The molecule has 164 valence electrons. The van der Waals surface area contributed by atoms with E-state index in [4.69, 9.17) is 0 Å². The standard InChI is InChI=1S/C24H19N5O4/c1-27-23(32)20-21(16-9-11-25-12-10-16)29(26-22(20)28(24(27)33)14-19(30)31)13-17-7-4-6-15-5-2-3-8-18(15)17/h2-12H,13-14H2,1H3,(H,30,31). The summed E-state index contributed by atoms with van der Waals surface area (Å²) in [5, 5.41) is 16.2. The topological polar surface area (TPSA) is 112 Å². The molecule has 3 aromatic heterocycles. The molecule has 0 radical (unpaired) electrons. The molecule has 5 rings (SSSR count). The number of pyridine rings is 1. The number of aromatic nitrogens is 5. The summed E-state index contributed by atoms with van der Waals surface area (Å²) in [5.41, 5.74) is 0.932. The smallest absolute Gasteiger partial charge is 0.332 e. The minimum absolute atomic E-state index is 0.0394. The van der Waals surface area contributed by atoms with Crippen LogP contribution in [0.3, 0.4) is 0 Å². The molecule has 3 heterocycles. The number of rotatable bonds is 5. The highest BCUT2D eigenvalue weighted by Gasteiger charge is 2.23. The SMILES string of the molecule is Cn1c(=O)c2c(-c3ccncc3)n(Cc3cccc4ccccc34)nc2n(CC(=O)O)c1=O. The number of benzene rings is 2. The molecule has 33 heavy (non-hydrogen) atoms. The summed E-state index contributed by atoms with van der Waals surface area (Å²) in [4.78, 5) is 41.5. The molecule has 0 saturated heterocycles. The van der Waals surface area contributed by atoms with Crippen molar-refractivity contribution in [3.63, 3.8) is 0 Å². The van der Waals surface area contributed by atoms with Crippen molar-refractivity contribution in [2.75, 3.05) is 0 Å². The molecule has 0 unspecified atom stereocenters. The molecule has 0 aliphatic carbocycles. The van der Waals surface area contributed by atoms with Crippen LogP contribution in [0.15, 0.2) is 76.6 Å². The van der Waals surface area contributed by atoms with Crippen molar-refractivity contribution in [2.24, 2.45) is 7.05 Å². The van der Waals surface area contributed by atoms with E-state index in [-0.39, 0.29) is 11.0 Å². The highest BCUT2D eigenvalue weighted by atomic mass is 16.4. The third-order valence-electron chi connectivity index (χ3n) is 5.67. The Morgan fingerprint density at radius 3 is 2.48 bits per heavy atom. The fraction of sp³-hybridized carbons (Fsp3) is 0.125. The molecule has 9 heteroatoms. The highest BCUT2D eigenvalue weighted by Crippen LogP contribution is 2.28. The maximum Gasteiger partial charge on any atom is 0.332 e. The second kappa shape index (κ2) is 7.86. The van der Waals surface area contributed by atoms with E-state index in [1.807, 2.05) is 42.5 Å². The van der Waals surface area contributed by atoms with Crippen LogP contribution in [0, 0.1) is 0 Å². The van der Waals surface area contributed by atoms with E-state index in [1.165, 1.54) is 7.05 Å². The van der Waals surface area contributed by atoms with Gasteiger partial charge < -0.3 is 5.11 Å². The summed E-state index contributed by atoms with van der Waals surface area (Å²) in [6.07, 6.45) is 3.21. The van der Waals surface area contributed by atoms with Crippen LogP contribution in [0.2, 0.25) is 0 Å². The lowest BCUT2D eigenvalue weighted by molar-refractivity contribution is -0.137. The largest absolute Gasteiger partial charge is 0.480 e. The van der Waals surface area contributed by atoms with Crippen LogP contribution in [0.4, 0.5) is 0 Å². The summed E-state index contributed by atoms with van der Waals surface area (Å²) in [6.45, 7) is -0.289. The molecule has 0 saturated carbocycles. The molecule has 0 aliphatic heterocycles. The lowest BCUT2D eigenvalue weighted by Gasteiger charge is -2.10. The number of nitrogens with zero attached hydrogens (tertiary/aromatic N) is 5. The number of hydrogen-bond acceptors (Lipinski definition) is 5. The Bertz CT molecular complexity index is 1640. The van der Waals surface area contributed by atoms with Gasteiger partial charge in [-0.15, -0.1) is 0 Å². The van der Waals surface area contributed by atoms with E-state index in [0.29, 0.717) is 17.8 Å². The van der Waals surface area contributed by atoms with E-state index in [0.717, 1.165) is 25.5 Å². The maximum atomic E-state index is 13.2. The van der Waals surface area contributed by atoms with Crippen molar-refractivity contribution < 1.29 is 9.90 Å². The van der Waals surface area contributed by atoms with Crippen molar-refractivity contribution >= 4 is 27.8 Å². The van der Waals surface area contributed by atoms with Crippen molar-refractivity contribution in [3.05, 3.63) is 93.4 Å². The fourth-order valence-corrected chi connectivity index (χ4v) is 4.15. The molecular formula is C24H19N5O4. The molecule has 0 aliphatic rings. The van der Waals surface area contributed by atoms with E-state index in [2.05, 4.69) is 10.1 Å². The molecule has 0 atom stereocenters. The quantitative estimate of drug-likeness (QED) is 0.448. The van der Waals surface area contributed by atoms with Crippen molar-refractivity contribution in [3.8, 4) is 11.3 Å². The first-order valence-corrected chi connectivity index (χ1v) is 10.2. The Morgan fingerprint density at radius 2 is 1.73 bits per heavy atom. The molecule has 5 aromatic rings. The average Bonchev–Trinajstić information content (AvgIpc) is 3.20. The van der Waals surface area contributed by atoms with Gasteiger partial charge >= 0.3 is 11.7 Å². The normalized spacial score (nSPS) is 11.3. The number of carbonyl (C=O) groups is 1. The Hall–Kier alpha value is -4.53.